The lowest BCUT2D eigenvalue weighted by Crippen LogP contribution is -2.37. The van der Waals surface area contributed by atoms with E-state index in [0.29, 0.717) is 58.5 Å². The van der Waals surface area contributed by atoms with Crippen LogP contribution in [0, 0.1) is 0 Å². The Morgan fingerprint density at radius 3 is 2.05 bits per heavy atom. The quantitative estimate of drug-likeness (QED) is 0.224. The summed E-state index contributed by atoms with van der Waals surface area (Å²) < 4.78 is 2.59. The maximum atomic E-state index is 13.7. The zero-order valence-electron chi connectivity index (χ0n) is 22.0. The van der Waals surface area contributed by atoms with E-state index in [1.165, 1.54) is 9.13 Å². The minimum absolute atomic E-state index is 0.0546. The van der Waals surface area contributed by atoms with Gasteiger partial charge in [-0.1, -0.05) is 0 Å². The minimum atomic E-state index is -0.432. The Hall–Kier alpha value is -3.34. The van der Waals surface area contributed by atoms with E-state index < -0.39 is 16.7 Å². The van der Waals surface area contributed by atoms with Crippen LogP contribution in [0.25, 0.3) is 32.7 Å². The predicted octanol–water partition coefficient (Wildman–Crippen LogP) is 0.549. The third-order valence-corrected chi connectivity index (χ3v) is 6.74. The Labute approximate surface area is 214 Å². The topological polar surface area (TPSA) is 120 Å². The summed E-state index contributed by atoms with van der Waals surface area (Å²) in [5.74, 6) is -0.186. The van der Waals surface area contributed by atoms with E-state index in [9.17, 15) is 24.6 Å². The molecule has 37 heavy (non-hydrogen) atoms. The highest BCUT2D eigenvalue weighted by molar-refractivity contribution is 6.15. The number of hydrogen-bond acceptors (Lipinski definition) is 8. The molecule has 10 heteroatoms. The highest BCUT2D eigenvalue weighted by Gasteiger charge is 2.26. The van der Waals surface area contributed by atoms with Gasteiger partial charge in [-0.2, -0.15) is 0 Å². The van der Waals surface area contributed by atoms with Crippen molar-refractivity contribution < 1.29 is 10.2 Å². The summed E-state index contributed by atoms with van der Waals surface area (Å²) in [5, 5.41) is 22.2. The lowest BCUT2D eigenvalue weighted by atomic mass is 9.90. The first-order valence-corrected chi connectivity index (χ1v) is 12.6. The molecule has 2 aliphatic rings. The molecule has 0 amide bonds. The zero-order valence-corrected chi connectivity index (χ0v) is 22.0. The second-order valence-electron chi connectivity index (χ2n) is 10.0. The van der Waals surface area contributed by atoms with E-state index in [1.54, 1.807) is 18.2 Å². The van der Waals surface area contributed by atoms with Crippen LogP contribution in [0.2, 0.25) is 0 Å². The molecule has 1 aromatic heterocycles. The average molecular weight is 510 g/mol. The van der Waals surface area contributed by atoms with Crippen LogP contribution in [-0.4, -0.2) is 83.6 Å². The van der Waals surface area contributed by atoms with E-state index in [4.69, 9.17) is 0 Å². The second kappa shape index (κ2) is 11.0. The Kier molecular flexibility index (Phi) is 7.91. The lowest BCUT2D eigenvalue weighted by molar-refractivity contribution is 0.291. The molecule has 198 valence electrons. The van der Waals surface area contributed by atoms with Crippen LogP contribution in [0.4, 0.5) is 0 Å². The van der Waals surface area contributed by atoms with E-state index in [2.05, 4.69) is 4.99 Å². The SMILES string of the molecule is CN(C)CCCn1c(O)c2ccc3c4c2c(c(=NCCCO)cc-4c(=O)n(CCCN(C)C)c3=O)c1=O. The number of aliphatic hydroxyl groups excluding tert-OH is 1. The molecule has 0 bridgehead atoms. The maximum Gasteiger partial charge on any atom is 0.263 e. The number of benzene rings is 2. The smallest absolute Gasteiger partial charge is 0.263 e. The minimum Gasteiger partial charge on any atom is -0.494 e. The van der Waals surface area contributed by atoms with Gasteiger partial charge in [0.1, 0.15) is 0 Å². The van der Waals surface area contributed by atoms with Gasteiger partial charge in [0.25, 0.3) is 16.7 Å². The molecule has 0 atom stereocenters. The van der Waals surface area contributed by atoms with Gasteiger partial charge in [0.2, 0.25) is 5.88 Å². The average Bonchev–Trinajstić information content (AvgIpc) is 2.85. The van der Waals surface area contributed by atoms with Crippen molar-refractivity contribution in [1.29, 1.82) is 0 Å². The number of hydrogen-bond donors (Lipinski definition) is 2. The number of nitrogens with zero attached hydrogens (tertiary/aromatic N) is 5. The van der Waals surface area contributed by atoms with Gasteiger partial charge < -0.3 is 20.0 Å². The number of aromatic hydroxyl groups is 1. The molecule has 0 radical (unpaired) electrons. The fourth-order valence-corrected chi connectivity index (χ4v) is 4.96. The first-order chi connectivity index (χ1) is 17.7. The standard InChI is InChI=1S/C27H35N5O5/c1-29(2)11-6-13-31-24(34)17-8-9-18-22-21(17)19(26(31)36)16-20(28-10-5-15-33)23(22)27(37)32(25(18)35)14-7-12-30(3)4/h8-9,16,33,35H,5-7,10-15H2,1-4H3. The maximum absolute atomic E-state index is 13.7. The molecule has 2 aromatic rings. The molecule has 0 saturated carbocycles. The molecule has 0 spiro atoms. The van der Waals surface area contributed by atoms with Crippen LogP contribution in [0.1, 0.15) is 19.3 Å². The monoisotopic (exact) mass is 509 g/mol. The van der Waals surface area contributed by atoms with Crippen LogP contribution >= 0.6 is 0 Å². The fraction of sp³-hybridized carbons (Fsp3) is 0.481. The summed E-state index contributed by atoms with van der Waals surface area (Å²) in [6.07, 6.45) is 1.68. The van der Waals surface area contributed by atoms with Crippen molar-refractivity contribution in [2.45, 2.75) is 32.4 Å². The molecule has 1 aliphatic carbocycles. The normalized spacial score (nSPS) is 12.9. The van der Waals surface area contributed by atoms with Crippen molar-refractivity contribution in [3.05, 3.63) is 54.6 Å². The Morgan fingerprint density at radius 2 is 1.43 bits per heavy atom. The Bertz CT molecular complexity index is 1600. The number of aliphatic hydroxyl groups is 1. The van der Waals surface area contributed by atoms with Gasteiger partial charge in [-0.05, 0) is 78.7 Å². The summed E-state index contributed by atoms with van der Waals surface area (Å²) in [6.45, 7) is 2.25. The Balaban J connectivity index is 2.07. The van der Waals surface area contributed by atoms with E-state index in [1.807, 2.05) is 38.0 Å². The van der Waals surface area contributed by atoms with Crippen molar-refractivity contribution in [1.82, 2.24) is 18.9 Å². The summed E-state index contributed by atoms with van der Waals surface area (Å²) in [4.78, 5) is 49.3. The van der Waals surface area contributed by atoms with Crippen molar-refractivity contribution in [2.24, 2.45) is 4.99 Å². The number of pyridine rings is 2. The van der Waals surface area contributed by atoms with Gasteiger partial charge in [0.05, 0.1) is 16.3 Å². The van der Waals surface area contributed by atoms with Crippen LogP contribution in [0.5, 0.6) is 5.88 Å². The van der Waals surface area contributed by atoms with E-state index in [-0.39, 0.29) is 31.0 Å². The third kappa shape index (κ3) is 4.96. The summed E-state index contributed by atoms with van der Waals surface area (Å²) in [7, 11) is 7.74. The fourth-order valence-electron chi connectivity index (χ4n) is 4.96. The molecule has 2 N–H and O–H groups in total. The Morgan fingerprint density at radius 1 is 0.811 bits per heavy atom. The lowest BCUT2D eigenvalue weighted by Gasteiger charge is -2.20. The van der Waals surface area contributed by atoms with Crippen molar-refractivity contribution in [3.63, 3.8) is 0 Å². The van der Waals surface area contributed by atoms with Crippen molar-refractivity contribution in [3.8, 4) is 17.0 Å². The van der Waals surface area contributed by atoms with E-state index >= 15 is 0 Å². The van der Waals surface area contributed by atoms with E-state index in [0.717, 1.165) is 13.1 Å². The summed E-state index contributed by atoms with van der Waals surface area (Å²) in [6, 6.07) is 4.87. The van der Waals surface area contributed by atoms with Gasteiger partial charge >= 0.3 is 0 Å². The summed E-state index contributed by atoms with van der Waals surface area (Å²) >= 11 is 0. The molecule has 0 saturated heterocycles. The third-order valence-electron chi connectivity index (χ3n) is 6.74. The zero-order chi connectivity index (χ0) is 26.9. The van der Waals surface area contributed by atoms with Crippen LogP contribution in [-0.2, 0) is 13.1 Å². The van der Waals surface area contributed by atoms with Gasteiger partial charge in [0.15, 0.2) is 0 Å². The van der Waals surface area contributed by atoms with Gasteiger partial charge in [-0.25, -0.2) is 0 Å². The van der Waals surface area contributed by atoms with Crippen LogP contribution < -0.4 is 22.0 Å². The predicted molar refractivity (Wildman–Crippen MR) is 145 cm³/mol. The molecule has 0 fully saturated rings. The van der Waals surface area contributed by atoms with Crippen molar-refractivity contribution in [2.75, 3.05) is 54.4 Å². The summed E-state index contributed by atoms with van der Waals surface area (Å²) in [5.41, 5.74) is -0.564. The van der Waals surface area contributed by atoms with Crippen LogP contribution in [0.15, 0.2) is 37.6 Å². The molecule has 1 aromatic carbocycles. The molecule has 4 rings (SSSR count). The molecule has 2 heterocycles. The largest absolute Gasteiger partial charge is 0.494 e. The molecule has 0 unspecified atom stereocenters. The first kappa shape index (κ1) is 26.7. The molecular weight excluding hydrogens is 474 g/mol. The molecular formula is C27H35N5O5. The second-order valence-corrected chi connectivity index (χ2v) is 10.0. The number of aromatic nitrogens is 2. The highest BCUT2D eigenvalue weighted by Crippen LogP contribution is 2.36. The van der Waals surface area contributed by atoms with Crippen molar-refractivity contribution >= 4 is 21.5 Å². The molecule has 1 aliphatic heterocycles. The highest BCUT2D eigenvalue weighted by atomic mass is 16.3. The molecule has 10 nitrogen and oxygen atoms in total. The number of rotatable bonds is 11. The van der Waals surface area contributed by atoms with Crippen LogP contribution in [0.3, 0.4) is 0 Å². The van der Waals surface area contributed by atoms with Gasteiger partial charge in [-0.15, -0.1) is 0 Å². The van der Waals surface area contributed by atoms with Gasteiger partial charge in [0, 0.05) is 48.0 Å². The van der Waals surface area contributed by atoms with Gasteiger partial charge in [-0.3, -0.25) is 28.5 Å². The first-order valence-electron chi connectivity index (χ1n) is 12.6.